The Bertz CT molecular complexity index is 187. The Morgan fingerprint density at radius 2 is 2.44 bits per heavy atom. The second-order valence-corrected chi connectivity index (χ2v) is 3.35. The van der Waals surface area contributed by atoms with Crippen LogP contribution in [0.3, 0.4) is 0 Å². The lowest BCUT2D eigenvalue weighted by atomic mass is 10.3. The predicted octanol–water partition coefficient (Wildman–Crippen LogP) is 1.78. The third kappa shape index (κ3) is 1.72. The number of hydrogen-bond donors (Lipinski definition) is 0. The van der Waals surface area contributed by atoms with Crippen molar-refractivity contribution in [2.75, 3.05) is 5.33 Å². The molecule has 4 heteroatoms. The standard InChI is InChI=1S/C5H7BrN2S/c1-4-5(2-3-6)9-8-7-4/h2-3H2,1H3. The van der Waals surface area contributed by atoms with Gasteiger partial charge in [-0.1, -0.05) is 20.4 Å². The Labute approximate surface area is 66.6 Å². The normalized spacial score (nSPS) is 10.0. The molecule has 0 bridgehead atoms. The topological polar surface area (TPSA) is 25.8 Å². The Kier molecular flexibility index (Phi) is 2.60. The fourth-order valence-corrected chi connectivity index (χ4v) is 1.85. The maximum absolute atomic E-state index is 3.88. The number of hydrogen-bond acceptors (Lipinski definition) is 3. The summed E-state index contributed by atoms with van der Waals surface area (Å²) in [4.78, 5) is 1.28. The molecule has 0 aliphatic heterocycles. The molecule has 0 N–H and O–H groups in total. The van der Waals surface area contributed by atoms with Crippen molar-refractivity contribution in [3.63, 3.8) is 0 Å². The number of rotatable bonds is 2. The second-order valence-electron chi connectivity index (χ2n) is 1.72. The molecule has 0 radical (unpaired) electrons. The van der Waals surface area contributed by atoms with Crippen molar-refractivity contribution in [1.82, 2.24) is 9.59 Å². The molecule has 0 saturated carbocycles. The van der Waals surface area contributed by atoms with Gasteiger partial charge < -0.3 is 0 Å². The number of aryl methyl sites for hydroxylation is 2. The third-order valence-corrected chi connectivity index (χ3v) is 2.35. The fourth-order valence-electron chi connectivity index (χ4n) is 0.565. The Hall–Kier alpha value is 0.0400. The van der Waals surface area contributed by atoms with Gasteiger partial charge in [0, 0.05) is 10.2 Å². The summed E-state index contributed by atoms with van der Waals surface area (Å²) < 4.78 is 3.81. The average Bonchev–Trinajstić information content (AvgIpc) is 2.18. The van der Waals surface area contributed by atoms with E-state index in [1.54, 1.807) is 0 Å². The molecule has 0 amide bonds. The van der Waals surface area contributed by atoms with E-state index in [0.29, 0.717) is 0 Å². The van der Waals surface area contributed by atoms with Crippen LogP contribution in [0.5, 0.6) is 0 Å². The van der Waals surface area contributed by atoms with E-state index in [-0.39, 0.29) is 0 Å². The minimum atomic E-state index is 0.998. The lowest BCUT2D eigenvalue weighted by Crippen LogP contribution is -1.83. The maximum atomic E-state index is 3.88. The van der Waals surface area contributed by atoms with Crippen LogP contribution in [-0.2, 0) is 6.42 Å². The molecule has 0 fully saturated rings. The molecule has 1 aromatic rings. The second kappa shape index (κ2) is 3.27. The monoisotopic (exact) mass is 206 g/mol. The summed E-state index contributed by atoms with van der Waals surface area (Å²) in [6.07, 6.45) is 1.05. The predicted molar refractivity (Wildman–Crippen MR) is 42.1 cm³/mol. The number of aromatic nitrogens is 2. The van der Waals surface area contributed by atoms with Crippen molar-refractivity contribution in [2.45, 2.75) is 13.3 Å². The molecular weight excluding hydrogens is 200 g/mol. The molecule has 9 heavy (non-hydrogen) atoms. The van der Waals surface area contributed by atoms with E-state index in [0.717, 1.165) is 17.4 Å². The lowest BCUT2D eigenvalue weighted by Gasteiger charge is -1.87. The van der Waals surface area contributed by atoms with Crippen LogP contribution >= 0.6 is 27.5 Å². The summed E-state index contributed by atoms with van der Waals surface area (Å²) in [5.41, 5.74) is 1.07. The van der Waals surface area contributed by atoms with Gasteiger partial charge >= 0.3 is 0 Å². The molecule has 50 valence electrons. The molecule has 0 aliphatic rings. The zero-order chi connectivity index (χ0) is 6.69. The van der Waals surface area contributed by atoms with Gasteiger partial charge in [0.05, 0.1) is 5.69 Å². The minimum absolute atomic E-state index is 0.998. The number of nitrogens with zero attached hydrogens (tertiary/aromatic N) is 2. The van der Waals surface area contributed by atoms with Crippen LogP contribution in [-0.4, -0.2) is 14.9 Å². The smallest absolute Gasteiger partial charge is 0.0756 e. The minimum Gasteiger partial charge on any atom is -0.143 e. The summed E-state index contributed by atoms with van der Waals surface area (Å²) in [7, 11) is 0. The van der Waals surface area contributed by atoms with Crippen molar-refractivity contribution < 1.29 is 0 Å². The molecule has 1 aromatic heterocycles. The highest BCUT2D eigenvalue weighted by Crippen LogP contribution is 2.10. The zero-order valence-corrected chi connectivity index (χ0v) is 7.50. The van der Waals surface area contributed by atoms with E-state index in [1.165, 1.54) is 16.4 Å². The first-order valence-electron chi connectivity index (χ1n) is 2.68. The van der Waals surface area contributed by atoms with Crippen molar-refractivity contribution in [3.05, 3.63) is 10.6 Å². The number of halogens is 1. The third-order valence-electron chi connectivity index (χ3n) is 1.07. The molecule has 0 saturated heterocycles. The van der Waals surface area contributed by atoms with Gasteiger partial charge in [-0.2, -0.15) is 0 Å². The van der Waals surface area contributed by atoms with Crippen LogP contribution < -0.4 is 0 Å². The SMILES string of the molecule is Cc1nnsc1CCBr. The van der Waals surface area contributed by atoms with E-state index < -0.39 is 0 Å². The van der Waals surface area contributed by atoms with Crippen LogP contribution in [0.2, 0.25) is 0 Å². The van der Waals surface area contributed by atoms with Crippen molar-refractivity contribution in [1.29, 1.82) is 0 Å². The van der Waals surface area contributed by atoms with Crippen molar-refractivity contribution in [3.8, 4) is 0 Å². The van der Waals surface area contributed by atoms with Crippen LogP contribution in [0, 0.1) is 6.92 Å². The Balaban J connectivity index is 2.69. The van der Waals surface area contributed by atoms with Gasteiger partial charge in [-0.15, -0.1) is 5.10 Å². The highest BCUT2D eigenvalue weighted by molar-refractivity contribution is 9.09. The molecule has 2 nitrogen and oxygen atoms in total. The van der Waals surface area contributed by atoms with Crippen LogP contribution in [0.1, 0.15) is 10.6 Å². The largest absolute Gasteiger partial charge is 0.143 e. The fraction of sp³-hybridized carbons (Fsp3) is 0.600. The zero-order valence-electron chi connectivity index (χ0n) is 5.09. The molecular formula is C5H7BrN2S. The van der Waals surface area contributed by atoms with Crippen LogP contribution in [0.4, 0.5) is 0 Å². The van der Waals surface area contributed by atoms with E-state index in [1.807, 2.05) is 6.92 Å². The Morgan fingerprint density at radius 3 is 2.89 bits per heavy atom. The van der Waals surface area contributed by atoms with Gasteiger partial charge in [0.25, 0.3) is 0 Å². The average molecular weight is 207 g/mol. The van der Waals surface area contributed by atoms with E-state index in [4.69, 9.17) is 0 Å². The summed E-state index contributed by atoms with van der Waals surface area (Å²) >= 11 is 4.84. The highest BCUT2D eigenvalue weighted by Gasteiger charge is 1.99. The molecule has 1 heterocycles. The lowest BCUT2D eigenvalue weighted by molar-refractivity contribution is 1.05. The molecule has 0 atom stereocenters. The molecule has 0 aromatic carbocycles. The summed E-state index contributed by atoms with van der Waals surface area (Å²) in [6, 6.07) is 0. The van der Waals surface area contributed by atoms with Gasteiger partial charge in [0.15, 0.2) is 0 Å². The Morgan fingerprint density at radius 1 is 1.67 bits per heavy atom. The van der Waals surface area contributed by atoms with Gasteiger partial charge in [-0.05, 0) is 24.9 Å². The highest BCUT2D eigenvalue weighted by atomic mass is 79.9. The van der Waals surface area contributed by atoms with Gasteiger partial charge in [0.2, 0.25) is 0 Å². The van der Waals surface area contributed by atoms with Crippen LogP contribution in [0.15, 0.2) is 0 Å². The molecule has 1 rings (SSSR count). The first-order valence-corrected chi connectivity index (χ1v) is 4.58. The summed E-state index contributed by atoms with van der Waals surface area (Å²) in [5.74, 6) is 0. The number of alkyl halides is 1. The first kappa shape index (κ1) is 7.15. The van der Waals surface area contributed by atoms with Gasteiger partial charge in [0.1, 0.15) is 0 Å². The van der Waals surface area contributed by atoms with E-state index in [2.05, 4.69) is 25.5 Å². The van der Waals surface area contributed by atoms with Crippen molar-refractivity contribution >= 4 is 27.5 Å². The molecule has 0 aliphatic carbocycles. The van der Waals surface area contributed by atoms with Crippen LogP contribution in [0.25, 0.3) is 0 Å². The first-order chi connectivity index (χ1) is 4.34. The maximum Gasteiger partial charge on any atom is 0.0756 e. The van der Waals surface area contributed by atoms with E-state index >= 15 is 0 Å². The summed E-state index contributed by atoms with van der Waals surface area (Å²) in [6.45, 7) is 1.99. The van der Waals surface area contributed by atoms with Crippen molar-refractivity contribution in [2.24, 2.45) is 0 Å². The van der Waals surface area contributed by atoms with Gasteiger partial charge in [-0.3, -0.25) is 0 Å². The molecule has 0 spiro atoms. The summed E-state index contributed by atoms with van der Waals surface area (Å²) in [5, 5.41) is 4.88. The van der Waals surface area contributed by atoms with E-state index in [9.17, 15) is 0 Å². The van der Waals surface area contributed by atoms with Gasteiger partial charge in [-0.25, -0.2) is 0 Å². The molecule has 0 unspecified atom stereocenters. The quantitative estimate of drug-likeness (QED) is 0.691.